The van der Waals surface area contributed by atoms with Gasteiger partial charge in [-0.1, -0.05) is 60.7 Å². The second-order valence-electron chi connectivity index (χ2n) is 5.75. The Bertz CT molecular complexity index is 852. The van der Waals surface area contributed by atoms with Crippen LogP contribution in [0, 0.1) is 0 Å². The fourth-order valence-corrected chi connectivity index (χ4v) is 2.68. The van der Waals surface area contributed by atoms with E-state index in [-0.39, 0.29) is 17.5 Å². The Morgan fingerprint density at radius 2 is 1.48 bits per heavy atom. The van der Waals surface area contributed by atoms with Gasteiger partial charge in [0.2, 0.25) is 5.91 Å². The number of carbonyl (C=O) groups excluding carboxylic acids is 1. The molecule has 0 spiro atoms. The normalized spacial score (nSPS) is 11.9. The van der Waals surface area contributed by atoms with Gasteiger partial charge >= 0.3 is 0 Å². The summed E-state index contributed by atoms with van der Waals surface area (Å²) in [4.78, 5) is 24.7. The number of nitrogens with one attached hydrogen (secondary N) is 1. The first-order valence-electron chi connectivity index (χ1n) is 8.11. The highest BCUT2D eigenvalue weighted by Gasteiger charge is 2.22. The highest BCUT2D eigenvalue weighted by molar-refractivity contribution is 5.80. The molecule has 1 N–H and O–H groups in total. The maximum Gasteiger partial charge on any atom is 0.267 e. The second-order valence-corrected chi connectivity index (χ2v) is 5.75. The van der Waals surface area contributed by atoms with E-state index in [0.29, 0.717) is 0 Å². The molecule has 1 heterocycles. The summed E-state index contributed by atoms with van der Waals surface area (Å²) in [5.74, 6) is -0.265. The predicted octanol–water partition coefficient (Wildman–Crippen LogP) is 2.71. The average Bonchev–Trinajstić information content (AvgIpc) is 2.67. The lowest BCUT2D eigenvalue weighted by Gasteiger charge is -2.22. The van der Waals surface area contributed by atoms with Crippen molar-refractivity contribution < 1.29 is 4.79 Å². The van der Waals surface area contributed by atoms with E-state index in [2.05, 4.69) is 10.4 Å². The third-order valence-corrected chi connectivity index (χ3v) is 4.04. The number of aromatic nitrogens is 2. The number of benzene rings is 2. The first-order valence-corrected chi connectivity index (χ1v) is 8.11. The quantitative estimate of drug-likeness (QED) is 0.781. The van der Waals surface area contributed by atoms with E-state index in [4.69, 9.17) is 0 Å². The molecule has 5 heteroatoms. The van der Waals surface area contributed by atoms with Crippen LogP contribution in [-0.2, 0) is 4.79 Å². The van der Waals surface area contributed by atoms with E-state index in [1.807, 2.05) is 60.7 Å². The van der Waals surface area contributed by atoms with Crippen molar-refractivity contribution in [2.75, 3.05) is 0 Å². The highest BCUT2D eigenvalue weighted by Crippen LogP contribution is 2.22. The number of carbonyl (C=O) groups is 1. The van der Waals surface area contributed by atoms with Gasteiger partial charge in [0, 0.05) is 12.3 Å². The van der Waals surface area contributed by atoms with Gasteiger partial charge in [0.25, 0.3) is 5.56 Å². The molecule has 1 unspecified atom stereocenters. The summed E-state index contributed by atoms with van der Waals surface area (Å²) < 4.78 is 1.18. The molecule has 0 aliphatic carbocycles. The summed E-state index contributed by atoms with van der Waals surface area (Å²) >= 11 is 0. The van der Waals surface area contributed by atoms with Gasteiger partial charge in [-0.15, -0.1) is 0 Å². The van der Waals surface area contributed by atoms with E-state index in [1.54, 1.807) is 13.0 Å². The Kier molecular flexibility index (Phi) is 5.04. The summed E-state index contributed by atoms with van der Waals surface area (Å²) in [5, 5.41) is 7.03. The Hall–Kier alpha value is -3.21. The Balaban J connectivity index is 1.89. The standard InChI is InChI=1S/C20H19N3O2/c1-15(23-18(24)13-8-14-21-23)20(25)22-19(16-9-4-2-5-10-16)17-11-6-3-7-12-17/h2-15,19H,1H3,(H,22,25). The van der Waals surface area contributed by atoms with Gasteiger partial charge in [-0.3, -0.25) is 9.59 Å². The number of hydrogen-bond donors (Lipinski definition) is 1. The van der Waals surface area contributed by atoms with Gasteiger partial charge in [0.15, 0.2) is 0 Å². The molecule has 0 saturated carbocycles. The van der Waals surface area contributed by atoms with Crippen molar-refractivity contribution in [3.8, 4) is 0 Å². The summed E-state index contributed by atoms with van der Waals surface area (Å²) in [6, 6.07) is 21.4. The average molecular weight is 333 g/mol. The second kappa shape index (κ2) is 7.57. The number of hydrogen-bond acceptors (Lipinski definition) is 3. The van der Waals surface area contributed by atoms with E-state index in [1.165, 1.54) is 16.9 Å². The van der Waals surface area contributed by atoms with Crippen LogP contribution in [0.4, 0.5) is 0 Å². The zero-order valence-corrected chi connectivity index (χ0v) is 13.9. The van der Waals surface area contributed by atoms with Crippen LogP contribution in [0.3, 0.4) is 0 Å². The Labute approximate surface area is 145 Å². The predicted molar refractivity (Wildman–Crippen MR) is 96.1 cm³/mol. The number of rotatable bonds is 5. The zero-order valence-electron chi connectivity index (χ0n) is 13.9. The molecule has 2 aromatic carbocycles. The molecule has 126 valence electrons. The van der Waals surface area contributed by atoms with Crippen LogP contribution in [0.2, 0.25) is 0 Å². The molecule has 1 amide bonds. The summed E-state index contributed by atoms with van der Waals surface area (Å²) in [7, 11) is 0. The molecule has 1 aromatic heterocycles. The van der Waals surface area contributed by atoms with Crippen molar-refractivity contribution in [1.29, 1.82) is 0 Å². The van der Waals surface area contributed by atoms with Gasteiger partial charge in [-0.2, -0.15) is 5.10 Å². The third-order valence-electron chi connectivity index (χ3n) is 4.04. The van der Waals surface area contributed by atoms with E-state index in [9.17, 15) is 9.59 Å². The van der Waals surface area contributed by atoms with Crippen molar-refractivity contribution in [2.24, 2.45) is 0 Å². The summed E-state index contributed by atoms with van der Waals surface area (Å²) in [5.41, 5.74) is 1.64. The topological polar surface area (TPSA) is 64.0 Å². The molecule has 0 saturated heterocycles. The first kappa shape index (κ1) is 16.6. The molecular formula is C20H19N3O2. The minimum absolute atomic E-state index is 0.265. The van der Waals surface area contributed by atoms with E-state index >= 15 is 0 Å². The van der Waals surface area contributed by atoms with Crippen LogP contribution in [-0.4, -0.2) is 15.7 Å². The van der Waals surface area contributed by atoms with Gasteiger partial charge in [-0.05, 0) is 24.1 Å². The van der Waals surface area contributed by atoms with Gasteiger partial charge in [-0.25, -0.2) is 4.68 Å². The molecule has 25 heavy (non-hydrogen) atoms. The van der Waals surface area contributed by atoms with Crippen molar-refractivity contribution in [3.05, 3.63) is 100 Å². The maximum absolute atomic E-state index is 12.7. The van der Waals surface area contributed by atoms with Crippen molar-refractivity contribution in [3.63, 3.8) is 0 Å². The van der Waals surface area contributed by atoms with Crippen LogP contribution >= 0.6 is 0 Å². The zero-order chi connectivity index (χ0) is 17.6. The SMILES string of the molecule is CC(C(=O)NC(c1ccccc1)c1ccccc1)n1ncccc1=O. The monoisotopic (exact) mass is 333 g/mol. The van der Waals surface area contributed by atoms with Gasteiger partial charge in [0.05, 0.1) is 6.04 Å². The van der Waals surface area contributed by atoms with Crippen molar-refractivity contribution >= 4 is 5.91 Å². The lowest BCUT2D eigenvalue weighted by Crippen LogP contribution is -2.38. The largest absolute Gasteiger partial charge is 0.343 e. The molecular weight excluding hydrogens is 314 g/mol. The van der Waals surface area contributed by atoms with Crippen LogP contribution < -0.4 is 10.9 Å². The fraction of sp³-hybridized carbons (Fsp3) is 0.150. The number of amides is 1. The maximum atomic E-state index is 12.7. The lowest BCUT2D eigenvalue weighted by molar-refractivity contribution is -0.124. The minimum Gasteiger partial charge on any atom is -0.343 e. The van der Waals surface area contributed by atoms with Crippen molar-refractivity contribution in [2.45, 2.75) is 19.0 Å². The molecule has 1 atom stereocenters. The highest BCUT2D eigenvalue weighted by atomic mass is 16.2. The lowest BCUT2D eigenvalue weighted by atomic mass is 9.98. The summed E-state index contributed by atoms with van der Waals surface area (Å²) in [6.07, 6.45) is 1.50. The molecule has 0 aliphatic rings. The van der Waals surface area contributed by atoms with Gasteiger partial charge in [0.1, 0.15) is 6.04 Å². The molecule has 5 nitrogen and oxygen atoms in total. The summed E-state index contributed by atoms with van der Waals surface area (Å²) in [6.45, 7) is 1.66. The van der Waals surface area contributed by atoms with Crippen molar-refractivity contribution in [1.82, 2.24) is 15.1 Å². The molecule has 0 fully saturated rings. The Morgan fingerprint density at radius 3 is 2.00 bits per heavy atom. The molecule has 0 bridgehead atoms. The molecule has 0 radical (unpaired) electrons. The first-order chi connectivity index (χ1) is 12.2. The van der Waals surface area contributed by atoms with Crippen LogP contribution in [0.25, 0.3) is 0 Å². The Morgan fingerprint density at radius 1 is 0.920 bits per heavy atom. The molecule has 0 aliphatic heterocycles. The fourth-order valence-electron chi connectivity index (χ4n) is 2.68. The molecule has 3 rings (SSSR count). The van der Waals surface area contributed by atoms with Gasteiger partial charge < -0.3 is 5.32 Å². The minimum atomic E-state index is -0.705. The van der Waals surface area contributed by atoms with E-state index < -0.39 is 6.04 Å². The third kappa shape index (κ3) is 3.83. The van der Waals surface area contributed by atoms with E-state index in [0.717, 1.165) is 11.1 Å². The van der Waals surface area contributed by atoms with Crippen LogP contribution in [0.1, 0.15) is 30.1 Å². The van der Waals surface area contributed by atoms with Crippen LogP contribution in [0.5, 0.6) is 0 Å². The smallest absolute Gasteiger partial charge is 0.267 e. The van der Waals surface area contributed by atoms with Crippen LogP contribution in [0.15, 0.2) is 83.8 Å². The molecule has 3 aromatic rings. The number of nitrogens with zero attached hydrogens (tertiary/aromatic N) is 2.